The Labute approximate surface area is 357 Å². The van der Waals surface area contributed by atoms with E-state index in [2.05, 4.69) is 49.2 Å². The zero-order valence-electron chi connectivity index (χ0n) is 32.6. The van der Waals surface area contributed by atoms with Gasteiger partial charge in [-0.05, 0) is 85.7 Å². The minimum atomic E-state index is -1.35. The zero-order chi connectivity index (χ0) is 44.4. The van der Waals surface area contributed by atoms with E-state index in [4.69, 9.17) is 4.84 Å². The maximum Gasteiger partial charge on any atom is 0.336 e. The van der Waals surface area contributed by atoms with Gasteiger partial charge in [-0.3, -0.25) is 43.2 Å². The fourth-order valence-electron chi connectivity index (χ4n) is 6.56. The molecule has 2 fully saturated rings. The Kier molecular flexibility index (Phi) is 19.8. The summed E-state index contributed by atoms with van der Waals surface area (Å²) in [4.78, 5) is 139. The van der Waals surface area contributed by atoms with Crippen molar-refractivity contribution >= 4 is 87.8 Å². The van der Waals surface area contributed by atoms with Gasteiger partial charge in [0.1, 0.15) is 6.04 Å². The number of imide groups is 1. The maximum absolute atomic E-state index is 13.0. The second kappa shape index (κ2) is 24.4. The summed E-state index contributed by atoms with van der Waals surface area (Å²) in [5.74, 6) is -10.3. The molecular formula is C38H49IN6O15. The van der Waals surface area contributed by atoms with E-state index in [9.17, 15) is 68.1 Å². The normalized spacial score (nSPS) is 17.6. The lowest BCUT2D eigenvalue weighted by Crippen LogP contribution is -2.46. The first kappa shape index (κ1) is 48.7. The molecule has 3 atom stereocenters. The Bertz CT molecular complexity index is 1780. The fraction of sp³-hybridized carbons (Fsp3) is 0.553. The third-order valence-electron chi connectivity index (χ3n) is 9.63. The molecule has 1 heterocycles. The number of hydrogen-bond acceptors (Lipinski definition) is 12. The summed E-state index contributed by atoms with van der Waals surface area (Å²) in [7, 11) is 0. The van der Waals surface area contributed by atoms with Gasteiger partial charge >= 0.3 is 23.9 Å². The van der Waals surface area contributed by atoms with E-state index in [1.807, 2.05) is 6.07 Å². The van der Waals surface area contributed by atoms with Crippen molar-refractivity contribution in [2.75, 3.05) is 13.1 Å². The molecule has 60 heavy (non-hydrogen) atoms. The second-order valence-corrected chi connectivity index (χ2v) is 15.7. The summed E-state index contributed by atoms with van der Waals surface area (Å²) in [5.41, 5.74) is 0.478. The van der Waals surface area contributed by atoms with E-state index < -0.39 is 115 Å². The highest BCUT2D eigenvalue weighted by atomic mass is 127. The van der Waals surface area contributed by atoms with E-state index in [1.54, 1.807) is 18.2 Å². The molecule has 1 aromatic rings. The van der Waals surface area contributed by atoms with Crippen LogP contribution in [0.3, 0.4) is 0 Å². The van der Waals surface area contributed by atoms with E-state index in [1.165, 1.54) is 0 Å². The summed E-state index contributed by atoms with van der Waals surface area (Å²) in [6.45, 7) is -0.0103. The van der Waals surface area contributed by atoms with Gasteiger partial charge in [0.15, 0.2) is 0 Å². The molecule has 1 aromatic carbocycles. The number of halogens is 1. The summed E-state index contributed by atoms with van der Waals surface area (Å²) >= 11 is 2.08. The molecule has 328 valence electrons. The van der Waals surface area contributed by atoms with E-state index in [0.29, 0.717) is 23.5 Å². The molecule has 0 unspecified atom stereocenters. The van der Waals surface area contributed by atoms with Crippen LogP contribution in [0.4, 0.5) is 0 Å². The summed E-state index contributed by atoms with van der Waals surface area (Å²) in [6, 6.07) is 3.28. The average molecular weight is 957 g/mol. The molecule has 8 N–H and O–H groups in total. The van der Waals surface area contributed by atoms with E-state index in [-0.39, 0.29) is 70.4 Å². The Morgan fingerprint density at radius 2 is 1.32 bits per heavy atom. The number of carbonyl (C=O) groups excluding carboxylic acids is 8. The molecule has 1 aliphatic carbocycles. The van der Waals surface area contributed by atoms with Crippen LogP contribution < -0.4 is 26.6 Å². The number of aliphatic carboxylic acids is 3. The van der Waals surface area contributed by atoms with Crippen molar-refractivity contribution in [3.05, 3.63) is 33.4 Å². The Balaban J connectivity index is 1.39. The number of unbranched alkanes of at least 4 members (excludes halogenated alkanes) is 1. The van der Waals surface area contributed by atoms with Crippen molar-refractivity contribution in [1.29, 1.82) is 0 Å². The summed E-state index contributed by atoms with van der Waals surface area (Å²) in [6.07, 6.45) is -1.18. The number of carboxylic acids is 3. The molecule has 0 aromatic heterocycles. The molecule has 3 rings (SSSR count). The largest absolute Gasteiger partial charge is 0.481 e. The molecule has 22 heteroatoms. The molecule has 1 aliphatic heterocycles. The third-order valence-corrected chi connectivity index (χ3v) is 10.3. The maximum atomic E-state index is 13.0. The quantitative estimate of drug-likeness (QED) is 0.0395. The van der Waals surface area contributed by atoms with Gasteiger partial charge in [0, 0.05) is 72.3 Å². The number of rotatable bonds is 24. The number of carbonyl (C=O) groups is 11. The van der Waals surface area contributed by atoms with Crippen LogP contribution in [0.15, 0.2) is 24.3 Å². The first-order chi connectivity index (χ1) is 28.4. The predicted octanol–water partition coefficient (Wildman–Crippen LogP) is 0.380. The predicted molar refractivity (Wildman–Crippen MR) is 213 cm³/mol. The van der Waals surface area contributed by atoms with Crippen LogP contribution in [0.1, 0.15) is 100 Å². The number of carboxylic acid groups (broad SMARTS) is 3. The second-order valence-electron chi connectivity index (χ2n) is 14.4. The number of nitrogens with one attached hydrogen (secondary N) is 5. The van der Waals surface area contributed by atoms with Crippen LogP contribution in [0.25, 0.3) is 0 Å². The highest BCUT2D eigenvalue weighted by Gasteiger charge is 2.37. The molecule has 1 saturated heterocycles. The van der Waals surface area contributed by atoms with Crippen LogP contribution in [0.2, 0.25) is 0 Å². The van der Waals surface area contributed by atoms with E-state index in [0.717, 1.165) is 3.57 Å². The van der Waals surface area contributed by atoms with Gasteiger partial charge in [-0.2, -0.15) is 0 Å². The van der Waals surface area contributed by atoms with Crippen molar-refractivity contribution in [2.45, 2.75) is 108 Å². The lowest BCUT2D eigenvalue weighted by Gasteiger charge is -2.28. The van der Waals surface area contributed by atoms with Crippen molar-refractivity contribution in [2.24, 2.45) is 11.8 Å². The first-order valence-corrected chi connectivity index (χ1v) is 20.4. The fourth-order valence-corrected chi connectivity index (χ4v) is 7.10. The Morgan fingerprint density at radius 3 is 1.92 bits per heavy atom. The van der Waals surface area contributed by atoms with Crippen LogP contribution in [-0.2, 0) is 52.8 Å². The van der Waals surface area contributed by atoms with Gasteiger partial charge in [-0.25, -0.2) is 9.59 Å². The van der Waals surface area contributed by atoms with Gasteiger partial charge in [-0.1, -0.05) is 6.07 Å². The molecule has 2 aliphatic rings. The molecule has 7 amide bonds. The topological polar surface area (TPSA) is 321 Å². The van der Waals surface area contributed by atoms with Crippen molar-refractivity contribution in [3.8, 4) is 0 Å². The number of nitrogens with zero attached hydrogens (tertiary/aromatic N) is 1. The van der Waals surface area contributed by atoms with Crippen LogP contribution in [0.5, 0.6) is 0 Å². The minimum absolute atomic E-state index is 0.0144. The van der Waals surface area contributed by atoms with Gasteiger partial charge in [0.25, 0.3) is 17.7 Å². The minimum Gasteiger partial charge on any atom is -0.481 e. The monoisotopic (exact) mass is 956 g/mol. The van der Waals surface area contributed by atoms with E-state index >= 15 is 0 Å². The van der Waals surface area contributed by atoms with Crippen LogP contribution in [-0.4, -0.2) is 117 Å². The number of hydrogen-bond donors (Lipinski definition) is 8. The molecule has 0 radical (unpaired) electrons. The zero-order valence-corrected chi connectivity index (χ0v) is 34.7. The van der Waals surface area contributed by atoms with Crippen molar-refractivity contribution in [3.63, 3.8) is 0 Å². The van der Waals surface area contributed by atoms with Gasteiger partial charge in [-0.15, -0.1) is 5.06 Å². The highest BCUT2D eigenvalue weighted by Crippen LogP contribution is 2.31. The summed E-state index contributed by atoms with van der Waals surface area (Å²) in [5, 5.41) is 41.2. The van der Waals surface area contributed by atoms with Crippen LogP contribution in [0, 0.1) is 15.4 Å². The molecule has 21 nitrogen and oxygen atoms in total. The summed E-state index contributed by atoms with van der Waals surface area (Å²) < 4.78 is 0.887. The lowest BCUT2D eigenvalue weighted by molar-refractivity contribution is -0.201. The SMILES string of the molecule is O=C(O)C[C@@H](CC(=O)N[C@H](CCCCNC(=O)c1cccc(I)c1)C(=O)O)NC(=O)CCNC(=O)C[C@H](CC(=O)O)NC(=O)C1CCC(C(=O)ON2C(=O)CCC2=O)CC1. The number of amides is 7. The smallest absolute Gasteiger partial charge is 0.336 e. The molecular weight excluding hydrogens is 907 g/mol. The van der Waals surface area contributed by atoms with Gasteiger partial charge in [0.2, 0.25) is 23.6 Å². The standard InChI is InChI=1S/C38H49IN6O15/c39-24-5-3-4-23(16-24)35(55)41-14-2-1-6-27(37(57)58)44-30(48)18-25(19-33(51)52)42-28(46)13-15-40-29(47)17-26(20-34(53)54)43-36(56)21-7-9-22(10-8-21)38(59)60-45-31(49)11-12-32(45)50/h3-5,16,21-22,25-27H,1-2,6-15,17-20H2,(H,40,47)(H,41,55)(H,42,46)(H,43,56)(H,44,48)(H,51,52)(H,53,54)(H,57,58)/t21?,22?,25-,26-,27-/m1/s1. The average Bonchev–Trinajstić information content (AvgIpc) is 3.48. The first-order valence-electron chi connectivity index (χ1n) is 19.3. The van der Waals surface area contributed by atoms with Gasteiger partial charge < -0.3 is 46.7 Å². The molecule has 0 spiro atoms. The lowest BCUT2D eigenvalue weighted by atomic mass is 9.81. The van der Waals surface area contributed by atoms with Crippen LogP contribution >= 0.6 is 22.6 Å². The third kappa shape index (κ3) is 17.3. The number of benzene rings is 1. The van der Waals surface area contributed by atoms with Crippen molar-refractivity contribution in [1.82, 2.24) is 31.6 Å². The van der Waals surface area contributed by atoms with Crippen molar-refractivity contribution < 1.29 is 72.9 Å². The van der Waals surface area contributed by atoms with Gasteiger partial charge in [0.05, 0.1) is 18.8 Å². The molecule has 0 bridgehead atoms. The molecule has 1 saturated carbocycles. The highest BCUT2D eigenvalue weighted by molar-refractivity contribution is 14.1. The Morgan fingerprint density at radius 1 is 0.717 bits per heavy atom. The number of hydroxylamine groups is 2. The Hall–Kier alpha value is -5.68.